The standard InChI is InChI=1S/C29H35N3O3S/c1-6-21-12-14-24(15-13-21)36(34)31-26-17-29(4,5)35-27-25(26)16-23(18-30-27)28(33)32(7-2)19-22-11-9-8-10-20(22)3/h8-16,18,26,31H,6-7,17,19H2,1-5H3/t26-,36?/m0/s1. The summed E-state index contributed by atoms with van der Waals surface area (Å²) < 4.78 is 22.6. The van der Waals surface area contributed by atoms with Crippen molar-refractivity contribution in [2.75, 3.05) is 6.54 Å². The number of pyridine rings is 1. The summed E-state index contributed by atoms with van der Waals surface area (Å²) in [6.07, 6.45) is 3.11. The Morgan fingerprint density at radius 3 is 2.56 bits per heavy atom. The summed E-state index contributed by atoms with van der Waals surface area (Å²) in [5.41, 5.74) is 4.24. The number of carbonyl (C=O) groups excluding carboxylic acids is 1. The average Bonchev–Trinajstić information content (AvgIpc) is 2.87. The second-order valence-electron chi connectivity index (χ2n) is 9.87. The molecular weight excluding hydrogens is 470 g/mol. The van der Waals surface area contributed by atoms with E-state index in [9.17, 15) is 9.00 Å². The number of nitrogens with one attached hydrogen (secondary N) is 1. The number of hydrogen-bond donors (Lipinski definition) is 1. The van der Waals surface area contributed by atoms with Gasteiger partial charge in [-0.25, -0.2) is 13.9 Å². The number of hydrogen-bond acceptors (Lipinski definition) is 4. The first-order valence-corrected chi connectivity index (χ1v) is 13.7. The molecule has 1 aromatic heterocycles. The Morgan fingerprint density at radius 2 is 1.89 bits per heavy atom. The number of carbonyl (C=O) groups is 1. The van der Waals surface area contributed by atoms with Gasteiger partial charge in [-0.15, -0.1) is 0 Å². The smallest absolute Gasteiger partial charge is 0.255 e. The van der Waals surface area contributed by atoms with E-state index in [1.807, 2.05) is 68.1 Å². The summed E-state index contributed by atoms with van der Waals surface area (Å²) in [4.78, 5) is 20.5. The third-order valence-electron chi connectivity index (χ3n) is 6.66. The molecule has 0 radical (unpaired) electrons. The lowest BCUT2D eigenvalue weighted by molar-refractivity contribution is 0.0639. The minimum atomic E-state index is -1.42. The third kappa shape index (κ3) is 5.85. The number of benzene rings is 2. The lowest BCUT2D eigenvalue weighted by Gasteiger charge is -2.37. The summed E-state index contributed by atoms with van der Waals surface area (Å²) in [5, 5.41) is 0. The van der Waals surface area contributed by atoms with Crippen molar-refractivity contribution in [2.24, 2.45) is 0 Å². The van der Waals surface area contributed by atoms with Gasteiger partial charge in [0.25, 0.3) is 5.91 Å². The molecule has 6 nitrogen and oxygen atoms in total. The predicted molar refractivity (Wildman–Crippen MR) is 143 cm³/mol. The van der Waals surface area contributed by atoms with Crippen LogP contribution in [0.1, 0.15) is 72.8 Å². The van der Waals surface area contributed by atoms with Gasteiger partial charge in [0.2, 0.25) is 5.88 Å². The fraction of sp³-hybridized carbons (Fsp3) is 0.379. The van der Waals surface area contributed by atoms with E-state index in [2.05, 4.69) is 35.7 Å². The molecular formula is C29H35N3O3S. The third-order valence-corrected chi connectivity index (χ3v) is 7.86. The Kier molecular flexibility index (Phi) is 7.91. The second-order valence-corrected chi connectivity index (χ2v) is 11.1. The van der Waals surface area contributed by atoms with Crippen molar-refractivity contribution in [3.63, 3.8) is 0 Å². The number of rotatable bonds is 8. The van der Waals surface area contributed by atoms with E-state index in [1.54, 1.807) is 6.20 Å². The summed E-state index contributed by atoms with van der Waals surface area (Å²) in [6.45, 7) is 11.2. The van der Waals surface area contributed by atoms with E-state index in [-0.39, 0.29) is 11.9 Å². The van der Waals surface area contributed by atoms with Crippen LogP contribution in [-0.2, 0) is 24.0 Å². The molecule has 0 saturated carbocycles. The van der Waals surface area contributed by atoms with Crippen LogP contribution in [0.3, 0.4) is 0 Å². The van der Waals surface area contributed by atoms with Gasteiger partial charge in [0.1, 0.15) is 16.6 Å². The highest BCUT2D eigenvalue weighted by Crippen LogP contribution is 2.39. The van der Waals surface area contributed by atoms with E-state index >= 15 is 0 Å². The number of amides is 1. The molecule has 36 heavy (non-hydrogen) atoms. The molecule has 0 saturated heterocycles. The van der Waals surface area contributed by atoms with E-state index in [1.165, 1.54) is 5.56 Å². The molecule has 1 aliphatic heterocycles. The largest absolute Gasteiger partial charge is 0.471 e. The zero-order valence-electron chi connectivity index (χ0n) is 21.7. The molecule has 0 spiro atoms. The molecule has 1 unspecified atom stereocenters. The van der Waals surface area contributed by atoms with Crippen LogP contribution in [0.4, 0.5) is 0 Å². The minimum Gasteiger partial charge on any atom is -0.471 e. The molecule has 2 heterocycles. The summed E-state index contributed by atoms with van der Waals surface area (Å²) >= 11 is 0. The molecule has 4 rings (SSSR count). The van der Waals surface area contributed by atoms with Crippen molar-refractivity contribution in [2.45, 2.75) is 70.5 Å². The molecule has 2 aromatic carbocycles. The Balaban J connectivity index is 1.60. The SMILES string of the molecule is CCc1ccc(S(=O)N[C@H]2CC(C)(C)Oc3ncc(C(=O)N(CC)Cc4ccccc4C)cc32)cc1. The number of nitrogens with zero attached hydrogens (tertiary/aromatic N) is 2. The second kappa shape index (κ2) is 10.9. The van der Waals surface area contributed by atoms with Crippen LogP contribution in [0.25, 0.3) is 0 Å². The van der Waals surface area contributed by atoms with Crippen LogP contribution in [-0.4, -0.2) is 32.1 Å². The molecule has 190 valence electrons. The summed E-state index contributed by atoms with van der Waals surface area (Å²) in [7, 11) is -1.42. The maximum absolute atomic E-state index is 13.5. The summed E-state index contributed by atoms with van der Waals surface area (Å²) in [6, 6.07) is 17.5. The quantitative estimate of drug-likeness (QED) is 0.437. The van der Waals surface area contributed by atoms with Gasteiger partial charge >= 0.3 is 0 Å². The maximum Gasteiger partial charge on any atom is 0.255 e. The maximum atomic E-state index is 13.5. The van der Waals surface area contributed by atoms with Gasteiger partial charge in [0.15, 0.2) is 0 Å². The van der Waals surface area contributed by atoms with Gasteiger partial charge in [-0.05, 0) is 69.0 Å². The molecule has 1 amide bonds. The molecule has 7 heteroatoms. The van der Waals surface area contributed by atoms with Crippen LogP contribution in [0.2, 0.25) is 0 Å². The highest BCUT2D eigenvalue weighted by atomic mass is 32.2. The van der Waals surface area contributed by atoms with E-state index in [0.717, 1.165) is 23.1 Å². The zero-order chi connectivity index (χ0) is 25.9. The van der Waals surface area contributed by atoms with Crippen LogP contribution < -0.4 is 9.46 Å². The minimum absolute atomic E-state index is 0.0871. The fourth-order valence-electron chi connectivity index (χ4n) is 4.48. The zero-order valence-corrected chi connectivity index (χ0v) is 22.5. The molecule has 1 N–H and O–H groups in total. The molecule has 0 aliphatic carbocycles. The topological polar surface area (TPSA) is 71.5 Å². The first kappa shape index (κ1) is 26.0. The van der Waals surface area contributed by atoms with Crippen LogP contribution >= 0.6 is 0 Å². The number of fused-ring (bicyclic) bond motifs is 1. The van der Waals surface area contributed by atoms with Gasteiger partial charge in [0, 0.05) is 31.3 Å². The van der Waals surface area contributed by atoms with E-state index in [0.29, 0.717) is 35.8 Å². The highest BCUT2D eigenvalue weighted by molar-refractivity contribution is 7.83. The van der Waals surface area contributed by atoms with Gasteiger partial charge in [-0.3, -0.25) is 4.79 Å². The van der Waals surface area contributed by atoms with Crippen molar-refractivity contribution < 1.29 is 13.7 Å². The van der Waals surface area contributed by atoms with Crippen molar-refractivity contribution in [1.82, 2.24) is 14.6 Å². The van der Waals surface area contributed by atoms with Gasteiger partial charge in [0.05, 0.1) is 16.5 Å². The number of aryl methyl sites for hydroxylation is 2. The molecule has 0 bridgehead atoms. The van der Waals surface area contributed by atoms with Crippen LogP contribution in [0, 0.1) is 6.92 Å². The summed E-state index contributed by atoms with van der Waals surface area (Å²) in [5.74, 6) is 0.386. The van der Waals surface area contributed by atoms with Crippen molar-refractivity contribution in [3.8, 4) is 5.88 Å². The average molecular weight is 506 g/mol. The normalized spacial score (nSPS) is 17.1. The first-order chi connectivity index (χ1) is 17.2. The molecule has 2 atom stereocenters. The van der Waals surface area contributed by atoms with Crippen molar-refractivity contribution >= 4 is 16.9 Å². The number of ether oxygens (including phenoxy) is 1. The predicted octanol–water partition coefficient (Wildman–Crippen LogP) is 5.53. The first-order valence-electron chi connectivity index (χ1n) is 12.5. The van der Waals surface area contributed by atoms with Crippen LogP contribution in [0.5, 0.6) is 5.88 Å². The van der Waals surface area contributed by atoms with E-state index < -0.39 is 16.6 Å². The Morgan fingerprint density at radius 1 is 1.17 bits per heavy atom. The Hall–Kier alpha value is -3.03. The highest BCUT2D eigenvalue weighted by Gasteiger charge is 2.36. The van der Waals surface area contributed by atoms with Crippen molar-refractivity contribution in [1.29, 1.82) is 0 Å². The van der Waals surface area contributed by atoms with Crippen molar-refractivity contribution in [3.05, 3.63) is 88.6 Å². The van der Waals surface area contributed by atoms with E-state index in [4.69, 9.17) is 4.74 Å². The Bertz CT molecular complexity index is 1260. The lowest BCUT2D eigenvalue weighted by atomic mass is 9.91. The molecule has 3 aromatic rings. The van der Waals surface area contributed by atoms with Gasteiger partial charge in [-0.1, -0.05) is 43.3 Å². The van der Waals surface area contributed by atoms with Gasteiger partial charge in [-0.2, -0.15) is 0 Å². The lowest BCUT2D eigenvalue weighted by Crippen LogP contribution is -2.40. The Labute approximate surface area is 216 Å². The monoisotopic (exact) mass is 505 g/mol. The number of aromatic nitrogens is 1. The fourth-order valence-corrected chi connectivity index (χ4v) is 5.47. The molecule has 1 aliphatic rings. The van der Waals surface area contributed by atoms with Crippen LogP contribution in [0.15, 0.2) is 65.7 Å². The van der Waals surface area contributed by atoms with Gasteiger partial charge < -0.3 is 9.64 Å². The molecule has 0 fully saturated rings.